The highest BCUT2D eigenvalue weighted by Crippen LogP contribution is 2.55. The van der Waals surface area contributed by atoms with Crippen LogP contribution in [-0.2, 0) is 14.4 Å². The average Bonchev–Trinajstić information content (AvgIpc) is 3.19. The van der Waals surface area contributed by atoms with E-state index in [1.54, 1.807) is 12.1 Å². The maximum Gasteiger partial charge on any atom is 0.276 e. The molecule has 2 bridgehead atoms. The Hall–Kier alpha value is -2.83. The molecule has 1 saturated carbocycles. The number of rotatable bonds is 5. The van der Waals surface area contributed by atoms with Crippen molar-refractivity contribution in [3.63, 3.8) is 0 Å². The molecule has 0 unspecified atom stereocenters. The SMILES string of the molecule is Cc1ccc(OCC(=O)NNC(=O)[C@H]2[C@@H]3C=C[C@@H](C3)[C@@]2(C)C(=O)[O-])cc1. The smallest absolute Gasteiger partial charge is 0.276 e. The number of allylic oxidation sites excluding steroid dienone is 2. The fourth-order valence-corrected chi connectivity index (χ4v) is 3.87. The Morgan fingerprint density at radius 2 is 1.88 bits per heavy atom. The van der Waals surface area contributed by atoms with Gasteiger partial charge in [-0.05, 0) is 37.3 Å². The van der Waals surface area contributed by atoms with Crippen LogP contribution in [0, 0.1) is 30.1 Å². The van der Waals surface area contributed by atoms with Crippen molar-refractivity contribution in [3.05, 3.63) is 42.0 Å². The topological polar surface area (TPSA) is 108 Å². The minimum atomic E-state index is -1.27. The molecule has 26 heavy (non-hydrogen) atoms. The van der Waals surface area contributed by atoms with Gasteiger partial charge < -0.3 is 14.6 Å². The largest absolute Gasteiger partial charge is 0.550 e. The van der Waals surface area contributed by atoms with Crippen LogP contribution in [-0.4, -0.2) is 24.4 Å². The Labute approximate surface area is 151 Å². The first kappa shape index (κ1) is 18.0. The summed E-state index contributed by atoms with van der Waals surface area (Å²) in [6.07, 6.45) is 4.30. The number of carboxylic acid groups (broad SMARTS) is 1. The van der Waals surface area contributed by atoms with Gasteiger partial charge in [0.05, 0.1) is 5.92 Å². The van der Waals surface area contributed by atoms with Gasteiger partial charge in [-0.3, -0.25) is 20.4 Å². The van der Waals surface area contributed by atoms with Gasteiger partial charge in [0.1, 0.15) is 5.75 Å². The van der Waals surface area contributed by atoms with E-state index in [0.29, 0.717) is 12.2 Å². The number of amides is 2. The van der Waals surface area contributed by atoms with Gasteiger partial charge in [0.25, 0.3) is 5.91 Å². The Morgan fingerprint density at radius 3 is 2.54 bits per heavy atom. The summed E-state index contributed by atoms with van der Waals surface area (Å²) in [6.45, 7) is 3.21. The van der Waals surface area contributed by atoms with Crippen LogP contribution in [0.3, 0.4) is 0 Å². The van der Waals surface area contributed by atoms with Gasteiger partial charge in [0, 0.05) is 11.4 Å². The lowest BCUT2D eigenvalue weighted by atomic mass is 9.69. The highest BCUT2D eigenvalue weighted by atomic mass is 16.5. The van der Waals surface area contributed by atoms with Crippen LogP contribution >= 0.6 is 0 Å². The second-order valence-corrected chi connectivity index (χ2v) is 7.08. The molecule has 138 valence electrons. The van der Waals surface area contributed by atoms with Crippen LogP contribution in [0.1, 0.15) is 18.9 Å². The number of aliphatic carboxylic acids is 1. The highest BCUT2D eigenvalue weighted by molar-refractivity contribution is 5.90. The lowest BCUT2D eigenvalue weighted by molar-refractivity contribution is -0.321. The zero-order valence-corrected chi connectivity index (χ0v) is 14.7. The van der Waals surface area contributed by atoms with Gasteiger partial charge >= 0.3 is 0 Å². The minimum absolute atomic E-state index is 0.163. The predicted molar refractivity (Wildman–Crippen MR) is 90.3 cm³/mol. The first-order valence-corrected chi connectivity index (χ1v) is 8.50. The Bertz CT molecular complexity index is 758. The van der Waals surface area contributed by atoms with E-state index in [-0.39, 0.29) is 18.4 Å². The van der Waals surface area contributed by atoms with Crippen molar-refractivity contribution in [2.45, 2.75) is 20.3 Å². The molecule has 0 heterocycles. The molecule has 1 aromatic carbocycles. The maximum absolute atomic E-state index is 12.5. The number of ether oxygens (including phenoxy) is 1. The molecule has 0 spiro atoms. The normalized spacial score (nSPS) is 28.6. The van der Waals surface area contributed by atoms with Gasteiger partial charge in [-0.15, -0.1) is 0 Å². The second-order valence-electron chi connectivity index (χ2n) is 7.08. The van der Waals surface area contributed by atoms with E-state index in [0.717, 1.165) is 5.56 Å². The van der Waals surface area contributed by atoms with E-state index in [2.05, 4.69) is 10.9 Å². The molecule has 2 amide bonds. The molecule has 2 aliphatic rings. The fourth-order valence-electron chi connectivity index (χ4n) is 3.87. The summed E-state index contributed by atoms with van der Waals surface area (Å²) in [6, 6.07) is 7.21. The summed E-state index contributed by atoms with van der Waals surface area (Å²) >= 11 is 0. The van der Waals surface area contributed by atoms with Crippen molar-refractivity contribution in [1.82, 2.24) is 10.9 Å². The molecule has 7 heteroatoms. The third-order valence-corrected chi connectivity index (χ3v) is 5.40. The molecular weight excluding hydrogens is 336 g/mol. The summed E-state index contributed by atoms with van der Waals surface area (Å²) < 4.78 is 5.33. The van der Waals surface area contributed by atoms with Crippen LogP contribution in [0.2, 0.25) is 0 Å². The molecule has 4 atom stereocenters. The van der Waals surface area contributed by atoms with Crippen molar-refractivity contribution in [2.24, 2.45) is 23.2 Å². The number of fused-ring (bicyclic) bond motifs is 2. The minimum Gasteiger partial charge on any atom is -0.550 e. The number of hydrazine groups is 1. The number of benzene rings is 1. The quantitative estimate of drug-likeness (QED) is 0.574. The van der Waals surface area contributed by atoms with E-state index in [4.69, 9.17) is 4.74 Å². The molecule has 0 aromatic heterocycles. The molecular formula is C19H21N2O5-. The highest BCUT2D eigenvalue weighted by Gasteiger charge is 2.57. The molecule has 1 aromatic rings. The molecule has 3 rings (SSSR count). The van der Waals surface area contributed by atoms with Crippen molar-refractivity contribution in [2.75, 3.05) is 6.61 Å². The number of carbonyl (C=O) groups excluding carboxylic acids is 3. The van der Waals surface area contributed by atoms with Crippen LogP contribution in [0.15, 0.2) is 36.4 Å². The van der Waals surface area contributed by atoms with Crippen LogP contribution in [0.5, 0.6) is 5.75 Å². The number of carbonyl (C=O) groups is 3. The van der Waals surface area contributed by atoms with E-state index < -0.39 is 29.1 Å². The third-order valence-electron chi connectivity index (χ3n) is 5.40. The van der Waals surface area contributed by atoms with E-state index in [9.17, 15) is 19.5 Å². The molecule has 0 saturated heterocycles. The summed E-state index contributed by atoms with van der Waals surface area (Å²) in [5, 5.41) is 11.6. The lowest BCUT2D eigenvalue weighted by Crippen LogP contribution is -2.55. The van der Waals surface area contributed by atoms with Gasteiger partial charge in [-0.1, -0.05) is 36.8 Å². The zero-order valence-electron chi connectivity index (χ0n) is 14.7. The molecule has 2 N–H and O–H groups in total. The monoisotopic (exact) mass is 357 g/mol. The predicted octanol–water partition coefficient (Wildman–Crippen LogP) is 0.0995. The summed E-state index contributed by atoms with van der Waals surface area (Å²) in [5.74, 6) is -2.94. The summed E-state index contributed by atoms with van der Waals surface area (Å²) in [5.41, 5.74) is 4.40. The number of hydrogen-bond donors (Lipinski definition) is 2. The second kappa shape index (κ2) is 6.82. The molecule has 0 radical (unpaired) electrons. The van der Waals surface area contributed by atoms with Crippen molar-refractivity contribution < 1.29 is 24.2 Å². The lowest BCUT2D eigenvalue weighted by Gasteiger charge is -2.38. The van der Waals surface area contributed by atoms with Crippen LogP contribution in [0.25, 0.3) is 0 Å². The number of hydrogen-bond acceptors (Lipinski definition) is 5. The van der Waals surface area contributed by atoms with Gasteiger partial charge in [0.15, 0.2) is 6.61 Å². The third kappa shape index (κ3) is 3.16. The van der Waals surface area contributed by atoms with Crippen LogP contribution in [0.4, 0.5) is 0 Å². The van der Waals surface area contributed by atoms with Gasteiger partial charge in [-0.2, -0.15) is 0 Å². The van der Waals surface area contributed by atoms with Crippen molar-refractivity contribution in [3.8, 4) is 5.75 Å². The van der Waals surface area contributed by atoms with E-state index in [1.807, 2.05) is 31.2 Å². The van der Waals surface area contributed by atoms with Crippen LogP contribution < -0.4 is 20.7 Å². The van der Waals surface area contributed by atoms with E-state index >= 15 is 0 Å². The van der Waals surface area contributed by atoms with Gasteiger partial charge in [-0.25, -0.2) is 0 Å². The molecule has 0 aliphatic heterocycles. The standard InChI is InChI=1S/C19H22N2O5/c1-11-3-7-14(8-4-11)26-10-15(22)20-21-17(23)16-12-5-6-13(9-12)19(16,2)18(24)25/h3-8,12-13,16H,9-10H2,1-2H3,(H,20,22)(H,21,23)(H,24,25)/p-1/t12-,13+,16-,19-/m1/s1. The first-order chi connectivity index (χ1) is 12.3. The maximum atomic E-state index is 12.5. The Morgan fingerprint density at radius 1 is 1.19 bits per heavy atom. The fraction of sp³-hybridized carbons (Fsp3) is 0.421. The Balaban J connectivity index is 1.53. The average molecular weight is 357 g/mol. The number of aryl methyl sites for hydroxylation is 1. The Kier molecular flexibility index (Phi) is 4.71. The van der Waals surface area contributed by atoms with Gasteiger partial charge in [0.2, 0.25) is 5.91 Å². The summed E-state index contributed by atoms with van der Waals surface area (Å²) in [4.78, 5) is 36.0. The zero-order chi connectivity index (χ0) is 18.9. The summed E-state index contributed by atoms with van der Waals surface area (Å²) in [7, 11) is 0. The van der Waals surface area contributed by atoms with Crippen molar-refractivity contribution >= 4 is 17.8 Å². The van der Waals surface area contributed by atoms with Crippen molar-refractivity contribution in [1.29, 1.82) is 0 Å². The van der Waals surface area contributed by atoms with E-state index in [1.165, 1.54) is 6.92 Å². The molecule has 2 aliphatic carbocycles. The number of nitrogens with one attached hydrogen (secondary N) is 2. The molecule has 7 nitrogen and oxygen atoms in total. The number of carboxylic acids is 1. The molecule has 1 fully saturated rings. The first-order valence-electron chi connectivity index (χ1n) is 8.50.